The van der Waals surface area contributed by atoms with Crippen molar-refractivity contribution in [3.63, 3.8) is 0 Å². The molecule has 0 atom stereocenters. The second kappa shape index (κ2) is 6.75. The molecule has 6 heteroatoms. The predicted octanol–water partition coefficient (Wildman–Crippen LogP) is 3.39. The summed E-state index contributed by atoms with van der Waals surface area (Å²) in [5.41, 5.74) is 2.48. The van der Waals surface area contributed by atoms with Crippen LogP contribution in [0.5, 0.6) is 0 Å². The van der Waals surface area contributed by atoms with Gasteiger partial charge in [0.05, 0.1) is 10.7 Å². The summed E-state index contributed by atoms with van der Waals surface area (Å²) in [4.78, 5) is 21.7. The van der Waals surface area contributed by atoms with E-state index in [1.807, 2.05) is 18.2 Å². The Labute approximate surface area is 138 Å². The highest BCUT2D eigenvalue weighted by Crippen LogP contribution is 2.27. The molecule has 3 rings (SSSR count). The average Bonchev–Trinajstić information content (AvgIpc) is 3.14. The third kappa shape index (κ3) is 3.48. The molecule has 0 aliphatic rings. The van der Waals surface area contributed by atoms with Gasteiger partial charge in [0.2, 0.25) is 0 Å². The van der Waals surface area contributed by atoms with Gasteiger partial charge < -0.3 is 9.73 Å². The summed E-state index contributed by atoms with van der Waals surface area (Å²) < 4.78 is 5.04. The second-order valence-electron chi connectivity index (χ2n) is 5.14. The van der Waals surface area contributed by atoms with Crippen LogP contribution in [0.15, 0.2) is 41.1 Å². The van der Waals surface area contributed by atoms with Crippen LogP contribution in [0.4, 0.5) is 0 Å². The molecule has 0 saturated carbocycles. The summed E-state index contributed by atoms with van der Waals surface area (Å²) in [7, 11) is 0. The van der Waals surface area contributed by atoms with Crippen LogP contribution in [0.25, 0.3) is 11.3 Å². The highest BCUT2D eigenvalue weighted by atomic mass is 32.1. The van der Waals surface area contributed by atoms with Gasteiger partial charge in [0, 0.05) is 23.4 Å². The quantitative estimate of drug-likeness (QED) is 0.780. The first-order chi connectivity index (χ1) is 11.1. The normalized spacial score (nSPS) is 10.7. The van der Waals surface area contributed by atoms with Gasteiger partial charge in [-0.3, -0.25) is 4.79 Å². The Balaban J connectivity index is 1.61. The van der Waals surface area contributed by atoms with Crippen molar-refractivity contribution in [2.75, 3.05) is 6.54 Å². The van der Waals surface area contributed by atoms with E-state index >= 15 is 0 Å². The standard InChI is InChI=1S/C17H17N3O2S/c1-11-15(19-10-22-11)17(21)18-9-8-14-20-16(12(2)23-14)13-6-4-3-5-7-13/h3-7,10H,8-9H2,1-2H3,(H,18,21). The molecule has 23 heavy (non-hydrogen) atoms. The first kappa shape index (κ1) is 15.4. The van der Waals surface area contributed by atoms with Crippen molar-refractivity contribution in [2.45, 2.75) is 20.3 Å². The smallest absolute Gasteiger partial charge is 0.273 e. The van der Waals surface area contributed by atoms with Gasteiger partial charge in [0.1, 0.15) is 5.76 Å². The Hall–Kier alpha value is -2.47. The molecule has 0 unspecified atom stereocenters. The minimum Gasteiger partial charge on any atom is -0.448 e. The van der Waals surface area contributed by atoms with E-state index in [0.717, 1.165) is 16.3 Å². The maximum absolute atomic E-state index is 12.0. The molecule has 0 radical (unpaired) electrons. The Morgan fingerprint density at radius 1 is 1.26 bits per heavy atom. The lowest BCUT2D eigenvalue weighted by atomic mass is 10.1. The molecule has 1 aromatic carbocycles. The number of aryl methyl sites for hydroxylation is 2. The highest BCUT2D eigenvalue weighted by Gasteiger charge is 2.14. The predicted molar refractivity (Wildman–Crippen MR) is 89.6 cm³/mol. The lowest BCUT2D eigenvalue weighted by Gasteiger charge is -2.01. The number of hydrogen-bond acceptors (Lipinski definition) is 5. The molecule has 0 bridgehead atoms. The minimum absolute atomic E-state index is 0.215. The Morgan fingerprint density at radius 3 is 2.74 bits per heavy atom. The van der Waals surface area contributed by atoms with Crippen LogP contribution < -0.4 is 5.32 Å². The largest absolute Gasteiger partial charge is 0.448 e. The number of nitrogens with one attached hydrogen (secondary N) is 1. The molecule has 0 aliphatic carbocycles. The third-order valence-corrected chi connectivity index (χ3v) is 4.50. The minimum atomic E-state index is -0.215. The molecular weight excluding hydrogens is 310 g/mol. The molecule has 2 heterocycles. The second-order valence-corrected chi connectivity index (χ2v) is 6.43. The van der Waals surface area contributed by atoms with E-state index < -0.39 is 0 Å². The Morgan fingerprint density at radius 2 is 2.04 bits per heavy atom. The third-order valence-electron chi connectivity index (χ3n) is 3.47. The van der Waals surface area contributed by atoms with E-state index in [0.29, 0.717) is 24.4 Å². The van der Waals surface area contributed by atoms with Crippen molar-refractivity contribution < 1.29 is 9.21 Å². The first-order valence-corrected chi connectivity index (χ1v) is 8.17. The SMILES string of the molecule is Cc1ocnc1C(=O)NCCc1nc(-c2ccccc2)c(C)s1. The molecular formula is C17H17N3O2S. The molecule has 0 spiro atoms. The van der Waals surface area contributed by atoms with Crippen LogP contribution in [-0.4, -0.2) is 22.4 Å². The zero-order valence-electron chi connectivity index (χ0n) is 13.0. The number of benzene rings is 1. The van der Waals surface area contributed by atoms with Crippen LogP contribution in [0.1, 0.15) is 26.1 Å². The maximum Gasteiger partial charge on any atom is 0.273 e. The maximum atomic E-state index is 12.0. The fourth-order valence-electron chi connectivity index (χ4n) is 2.31. The van der Waals surface area contributed by atoms with Crippen LogP contribution in [-0.2, 0) is 6.42 Å². The monoisotopic (exact) mass is 327 g/mol. The van der Waals surface area contributed by atoms with Gasteiger partial charge in [-0.25, -0.2) is 9.97 Å². The summed E-state index contributed by atoms with van der Waals surface area (Å²) in [6, 6.07) is 10.1. The van der Waals surface area contributed by atoms with Crippen LogP contribution in [0, 0.1) is 13.8 Å². The Bertz CT molecular complexity index is 808. The summed E-state index contributed by atoms with van der Waals surface area (Å²) in [5, 5.41) is 3.86. The van der Waals surface area contributed by atoms with Gasteiger partial charge in [0.15, 0.2) is 12.1 Å². The lowest BCUT2D eigenvalue weighted by molar-refractivity contribution is 0.0948. The van der Waals surface area contributed by atoms with Crippen molar-refractivity contribution in [3.8, 4) is 11.3 Å². The molecule has 0 saturated heterocycles. The number of oxazole rings is 1. The summed E-state index contributed by atoms with van der Waals surface area (Å²) in [6.07, 6.45) is 1.97. The molecule has 0 fully saturated rings. The molecule has 2 aromatic heterocycles. The van der Waals surface area contributed by atoms with Gasteiger partial charge in [-0.15, -0.1) is 11.3 Å². The Kier molecular flexibility index (Phi) is 4.52. The summed E-state index contributed by atoms with van der Waals surface area (Å²) in [5.74, 6) is 0.312. The number of hydrogen-bond donors (Lipinski definition) is 1. The number of aromatic nitrogens is 2. The van der Waals surface area contributed by atoms with E-state index in [9.17, 15) is 4.79 Å². The highest BCUT2D eigenvalue weighted by molar-refractivity contribution is 7.12. The van der Waals surface area contributed by atoms with E-state index in [-0.39, 0.29) is 5.91 Å². The van der Waals surface area contributed by atoms with Gasteiger partial charge >= 0.3 is 0 Å². The van der Waals surface area contributed by atoms with Gasteiger partial charge in [-0.2, -0.15) is 0 Å². The molecule has 1 amide bonds. The van der Waals surface area contributed by atoms with Crippen LogP contribution in [0.2, 0.25) is 0 Å². The molecule has 5 nitrogen and oxygen atoms in total. The van der Waals surface area contributed by atoms with Crippen molar-refractivity contribution in [2.24, 2.45) is 0 Å². The van der Waals surface area contributed by atoms with E-state index in [4.69, 9.17) is 9.40 Å². The van der Waals surface area contributed by atoms with E-state index in [1.165, 1.54) is 11.3 Å². The number of rotatable bonds is 5. The number of amides is 1. The fraction of sp³-hybridized carbons (Fsp3) is 0.235. The number of carbonyl (C=O) groups is 1. The average molecular weight is 327 g/mol. The zero-order chi connectivity index (χ0) is 16.2. The molecule has 118 valence electrons. The lowest BCUT2D eigenvalue weighted by Crippen LogP contribution is -2.26. The topological polar surface area (TPSA) is 68.0 Å². The van der Waals surface area contributed by atoms with E-state index in [2.05, 4.69) is 29.4 Å². The van der Waals surface area contributed by atoms with Gasteiger partial charge in [-0.05, 0) is 13.8 Å². The van der Waals surface area contributed by atoms with Gasteiger partial charge in [-0.1, -0.05) is 30.3 Å². The number of thiazole rings is 1. The van der Waals surface area contributed by atoms with E-state index in [1.54, 1.807) is 18.3 Å². The van der Waals surface area contributed by atoms with Gasteiger partial charge in [0.25, 0.3) is 5.91 Å². The van der Waals surface area contributed by atoms with Crippen molar-refractivity contribution in [3.05, 3.63) is 58.1 Å². The van der Waals surface area contributed by atoms with Crippen LogP contribution >= 0.6 is 11.3 Å². The first-order valence-electron chi connectivity index (χ1n) is 7.35. The van der Waals surface area contributed by atoms with Crippen LogP contribution in [0.3, 0.4) is 0 Å². The molecule has 1 N–H and O–H groups in total. The van der Waals surface area contributed by atoms with Crippen molar-refractivity contribution >= 4 is 17.2 Å². The fourth-order valence-corrected chi connectivity index (χ4v) is 3.27. The number of nitrogens with zero attached hydrogens (tertiary/aromatic N) is 2. The summed E-state index contributed by atoms with van der Waals surface area (Å²) in [6.45, 7) is 4.31. The number of carbonyl (C=O) groups excluding carboxylic acids is 1. The molecule has 3 aromatic rings. The van der Waals surface area contributed by atoms with Crippen molar-refractivity contribution in [1.82, 2.24) is 15.3 Å². The molecule has 0 aliphatic heterocycles. The summed E-state index contributed by atoms with van der Waals surface area (Å²) >= 11 is 1.66. The van der Waals surface area contributed by atoms with Crippen molar-refractivity contribution in [1.29, 1.82) is 0 Å². The zero-order valence-corrected chi connectivity index (χ0v) is 13.8.